The molecule has 1 aliphatic carbocycles. The summed E-state index contributed by atoms with van der Waals surface area (Å²) in [4.78, 5) is 29.4. The summed E-state index contributed by atoms with van der Waals surface area (Å²) >= 11 is 1.34. The van der Waals surface area contributed by atoms with E-state index in [9.17, 15) is 18.4 Å². The van der Waals surface area contributed by atoms with E-state index in [0.29, 0.717) is 5.13 Å². The Kier molecular flexibility index (Phi) is 8.14. The number of benzene rings is 2. The van der Waals surface area contributed by atoms with Crippen LogP contribution < -0.4 is 5.32 Å². The quantitative estimate of drug-likeness (QED) is 0.203. The molecular formula is C29H26F2N2O3S. The van der Waals surface area contributed by atoms with Crippen LogP contribution in [-0.4, -0.2) is 22.0 Å². The number of nitrogens with one attached hydrogen (secondary N) is 1. The Hall–Kier alpha value is -3.83. The minimum atomic E-state index is -1.29. The number of carboxylic acid groups (broad SMARTS) is 1. The van der Waals surface area contributed by atoms with Crippen molar-refractivity contribution in [3.05, 3.63) is 74.7 Å². The number of hydrogen-bond donors (Lipinski definition) is 2. The van der Waals surface area contributed by atoms with Gasteiger partial charge in [-0.15, -0.1) is 11.3 Å². The molecule has 4 rings (SSSR count). The number of carboxylic acids is 1. The Morgan fingerprint density at radius 1 is 1.19 bits per heavy atom. The van der Waals surface area contributed by atoms with Crippen molar-refractivity contribution < 1.29 is 23.5 Å². The number of aliphatic carboxylic acids is 1. The van der Waals surface area contributed by atoms with Crippen molar-refractivity contribution in [1.82, 2.24) is 4.98 Å². The molecule has 1 heterocycles. The molecule has 3 aromatic rings. The molecule has 0 saturated heterocycles. The second-order valence-electron chi connectivity index (χ2n) is 8.82. The van der Waals surface area contributed by atoms with E-state index in [0.717, 1.165) is 77.6 Å². The Balaban J connectivity index is 1.55. The smallest absolute Gasteiger partial charge is 0.331 e. The van der Waals surface area contributed by atoms with Crippen molar-refractivity contribution in [2.75, 3.05) is 5.32 Å². The third-order valence-electron chi connectivity index (χ3n) is 6.12. The number of thiazole rings is 1. The fourth-order valence-electron chi connectivity index (χ4n) is 4.14. The predicted octanol–water partition coefficient (Wildman–Crippen LogP) is 6.86. The molecule has 0 spiro atoms. The van der Waals surface area contributed by atoms with Crippen LogP contribution in [0.25, 0.3) is 17.3 Å². The Morgan fingerprint density at radius 3 is 2.65 bits per heavy atom. The van der Waals surface area contributed by atoms with Crippen molar-refractivity contribution in [3.63, 3.8) is 0 Å². The summed E-state index contributed by atoms with van der Waals surface area (Å²) in [7, 11) is 0. The molecule has 37 heavy (non-hydrogen) atoms. The van der Waals surface area contributed by atoms with E-state index in [1.165, 1.54) is 24.7 Å². The molecule has 2 N–H and O–H groups in total. The zero-order valence-corrected chi connectivity index (χ0v) is 21.4. The normalized spacial score (nSPS) is 12.3. The summed E-state index contributed by atoms with van der Waals surface area (Å²) < 4.78 is 29.0. The first kappa shape index (κ1) is 26.2. The fraction of sp³-hybridized carbons (Fsp3) is 0.276. The zero-order valence-electron chi connectivity index (χ0n) is 20.6. The number of fused-ring (bicyclic) bond motifs is 3. The highest BCUT2D eigenvalue weighted by molar-refractivity contribution is 7.16. The number of unbranched alkanes of at least 4 members (excludes halogenated alkanes) is 3. The van der Waals surface area contributed by atoms with Gasteiger partial charge in [0.25, 0.3) is 5.91 Å². The van der Waals surface area contributed by atoms with Gasteiger partial charge in [0.1, 0.15) is 11.6 Å². The van der Waals surface area contributed by atoms with Crippen LogP contribution in [0.2, 0.25) is 0 Å². The lowest BCUT2D eigenvalue weighted by molar-refractivity contribution is -0.132. The summed E-state index contributed by atoms with van der Waals surface area (Å²) in [6.45, 7) is 3.39. The fourth-order valence-corrected chi connectivity index (χ4v) is 5.11. The van der Waals surface area contributed by atoms with Crippen molar-refractivity contribution in [2.24, 2.45) is 0 Å². The summed E-state index contributed by atoms with van der Waals surface area (Å²) in [6.07, 6.45) is 6.76. The number of aromatic nitrogens is 1. The number of carbonyl (C=O) groups excluding carboxylic acids is 1. The van der Waals surface area contributed by atoms with Gasteiger partial charge in [0, 0.05) is 39.1 Å². The summed E-state index contributed by atoms with van der Waals surface area (Å²) in [5.41, 5.74) is 2.95. The van der Waals surface area contributed by atoms with Crippen LogP contribution >= 0.6 is 11.3 Å². The van der Waals surface area contributed by atoms with Gasteiger partial charge in [0.05, 0.1) is 5.69 Å². The molecule has 1 aromatic heterocycles. The van der Waals surface area contributed by atoms with Gasteiger partial charge in [-0.2, -0.15) is 0 Å². The lowest BCUT2D eigenvalue weighted by Gasteiger charge is -2.16. The monoisotopic (exact) mass is 520 g/mol. The van der Waals surface area contributed by atoms with E-state index in [1.54, 1.807) is 0 Å². The standard InChI is InChI=1S/C29H26F2N2O3S/c1-3-4-5-6-7-9-18-10-8-11-21-20(18)12-13-25-26(21)32-29(37-25)33-27(34)19-15-23(30)22(24(31)16-19)14-17(2)28(35)36/h8,10-11,14-16H,3-6,12-13H2,1-2H3,(H,35,36)(H,32,33,34)/b17-14+. The first-order valence-electron chi connectivity index (χ1n) is 12.1. The molecule has 0 bridgehead atoms. The first-order valence-corrected chi connectivity index (χ1v) is 12.9. The minimum Gasteiger partial charge on any atom is -0.478 e. The molecule has 5 nitrogen and oxygen atoms in total. The third-order valence-corrected chi connectivity index (χ3v) is 7.15. The van der Waals surface area contributed by atoms with Gasteiger partial charge in [-0.1, -0.05) is 43.7 Å². The molecule has 0 atom stereocenters. The molecule has 190 valence electrons. The molecule has 0 radical (unpaired) electrons. The number of rotatable bonds is 7. The SMILES string of the molecule is CCCCCC#Cc1cccc2c1CCc1sc(NC(=O)c3cc(F)c(/C=C(\C)C(=O)O)c(F)c3)nc1-2. The molecule has 0 aliphatic heterocycles. The molecular weight excluding hydrogens is 494 g/mol. The predicted molar refractivity (Wildman–Crippen MR) is 142 cm³/mol. The zero-order chi connectivity index (χ0) is 26.5. The number of aryl methyl sites for hydroxylation is 1. The second-order valence-corrected chi connectivity index (χ2v) is 9.91. The summed E-state index contributed by atoms with van der Waals surface area (Å²) in [5.74, 6) is 2.52. The molecule has 8 heteroatoms. The molecule has 1 amide bonds. The average molecular weight is 521 g/mol. The number of carbonyl (C=O) groups is 2. The Morgan fingerprint density at radius 2 is 1.95 bits per heavy atom. The maximum absolute atomic E-state index is 14.5. The topological polar surface area (TPSA) is 79.3 Å². The number of amides is 1. The van der Waals surface area contributed by atoms with Gasteiger partial charge in [-0.25, -0.2) is 18.6 Å². The maximum Gasteiger partial charge on any atom is 0.331 e. The van der Waals surface area contributed by atoms with Crippen LogP contribution in [-0.2, 0) is 17.6 Å². The highest BCUT2D eigenvalue weighted by Crippen LogP contribution is 2.39. The van der Waals surface area contributed by atoms with Crippen molar-refractivity contribution in [3.8, 4) is 23.1 Å². The van der Waals surface area contributed by atoms with Crippen LogP contribution in [0.4, 0.5) is 13.9 Å². The van der Waals surface area contributed by atoms with E-state index >= 15 is 0 Å². The summed E-state index contributed by atoms with van der Waals surface area (Å²) in [6, 6.07) is 7.74. The van der Waals surface area contributed by atoms with E-state index in [4.69, 9.17) is 5.11 Å². The Labute approximate surface area is 218 Å². The van der Waals surface area contributed by atoms with Gasteiger partial charge < -0.3 is 5.11 Å². The van der Waals surface area contributed by atoms with Crippen molar-refractivity contribution in [1.29, 1.82) is 0 Å². The maximum atomic E-state index is 14.5. The van der Waals surface area contributed by atoms with E-state index in [1.807, 2.05) is 18.2 Å². The number of hydrogen-bond acceptors (Lipinski definition) is 4. The first-order chi connectivity index (χ1) is 17.8. The van der Waals surface area contributed by atoms with E-state index in [-0.39, 0.29) is 11.1 Å². The molecule has 1 aliphatic rings. The third kappa shape index (κ3) is 5.95. The van der Waals surface area contributed by atoms with E-state index < -0.39 is 29.1 Å². The highest BCUT2D eigenvalue weighted by Gasteiger charge is 2.24. The molecule has 2 aromatic carbocycles. The van der Waals surface area contributed by atoms with Gasteiger partial charge >= 0.3 is 5.97 Å². The van der Waals surface area contributed by atoms with Crippen LogP contribution in [0.1, 0.15) is 71.5 Å². The average Bonchev–Trinajstić information content (AvgIpc) is 3.28. The lowest BCUT2D eigenvalue weighted by atomic mass is 9.90. The Bertz CT molecular complexity index is 1440. The number of anilines is 1. The van der Waals surface area contributed by atoms with Gasteiger partial charge in [0.2, 0.25) is 0 Å². The minimum absolute atomic E-state index is 0.227. The van der Waals surface area contributed by atoms with Gasteiger partial charge in [0.15, 0.2) is 5.13 Å². The van der Waals surface area contributed by atoms with Crippen LogP contribution in [0, 0.1) is 23.5 Å². The van der Waals surface area contributed by atoms with Gasteiger partial charge in [-0.3, -0.25) is 10.1 Å². The van der Waals surface area contributed by atoms with Crippen LogP contribution in [0.3, 0.4) is 0 Å². The van der Waals surface area contributed by atoms with Crippen molar-refractivity contribution in [2.45, 2.75) is 52.4 Å². The lowest BCUT2D eigenvalue weighted by Crippen LogP contribution is -2.13. The van der Waals surface area contributed by atoms with Gasteiger partial charge in [-0.05, 0) is 56.0 Å². The molecule has 0 fully saturated rings. The largest absolute Gasteiger partial charge is 0.478 e. The highest BCUT2D eigenvalue weighted by atomic mass is 32.1. The van der Waals surface area contributed by atoms with Crippen molar-refractivity contribution >= 4 is 34.4 Å². The number of nitrogens with zero attached hydrogens (tertiary/aromatic N) is 1. The second kappa shape index (κ2) is 11.5. The molecule has 0 saturated carbocycles. The summed E-state index contributed by atoms with van der Waals surface area (Å²) in [5, 5.41) is 11.9. The van der Waals surface area contributed by atoms with Crippen LogP contribution in [0.5, 0.6) is 0 Å². The molecule has 0 unspecified atom stereocenters. The van der Waals surface area contributed by atoms with E-state index in [2.05, 4.69) is 29.1 Å². The van der Waals surface area contributed by atoms with Crippen LogP contribution in [0.15, 0.2) is 35.9 Å². The number of halogens is 2.